The average molecular weight is 212 g/mol. The molecule has 5 heteroatoms. The fourth-order valence-corrected chi connectivity index (χ4v) is 1.22. The Morgan fingerprint density at radius 3 is 2.00 bits per heavy atom. The quantitative estimate of drug-likeness (QED) is 0.630. The lowest BCUT2D eigenvalue weighted by Crippen LogP contribution is -2.13. The Morgan fingerprint density at radius 1 is 1.20 bits per heavy atom. The van der Waals surface area contributed by atoms with Crippen molar-refractivity contribution in [1.82, 2.24) is 0 Å². The van der Waals surface area contributed by atoms with Crippen molar-refractivity contribution in [2.75, 3.05) is 7.11 Å². The molecule has 0 aliphatic rings. The van der Waals surface area contributed by atoms with Crippen LogP contribution in [0.3, 0.4) is 0 Å². The van der Waals surface area contributed by atoms with Crippen molar-refractivity contribution in [3.63, 3.8) is 0 Å². The highest BCUT2D eigenvalue weighted by atomic mass is 16.5. The Morgan fingerprint density at radius 2 is 1.67 bits per heavy atom. The van der Waals surface area contributed by atoms with Crippen LogP contribution in [-0.4, -0.2) is 28.4 Å². The predicted molar refractivity (Wildman–Crippen MR) is 51.0 cm³/mol. The van der Waals surface area contributed by atoms with Crippen molar-refractivity contribution in [3.8, 4) is 0 Å². The van der Waals surface area contributed by atoms with Gasteiger partial charge < -0.3 is 20.1 Å². The van der Waals surface area contributed by atoms with E-state index in [1.807, 2.05) is 0 Å². The first-order valence-electron chi connectivity index (χ1n) is 4.28. The third-order valence-corrected chi connectivity index (χ3v) is 2.00. The van der Waals surface area contributed by atoms with Crippen LogP contribution in [0.25, 0.3) is 0 Å². The Bertz CT molecular complexity index is 330. The number of ether oxygens (including phenoxy) is 1. The van der Waals surface area contributed by atoms with Gasteiger partial charge in [0.2, 0.25) is 0 Å². The molecular weight excluding hydrogens is 200 g/mol. The largest absolute Gasteiger partial charge is 0.479 e. The van der Waals surface area contributed by atoms with Gasteiger partial charge in [0.25, 0.3) is 0 Å². The van der Waals surface area contributed by atoms with E-state index in [-0.39, 0.29) is 0 Å². The van der Waals surface area contributed by atoms with Gasteiger partial charge >= 0.3 is 5.97 Å². The maximum atomic E-state index is 10.7. The summed E-state index contributed by atoms with van der Waals surface area (Å²) in [5, 5.41) is 26.4. The van der Waals surface area contributed by atoms with Gasteiger partial charge in [-0.25, -0.2) is 4.79 Å². The predicted octanol–water partition coefficient (Wildman–Crippen LogP) is 0.442. The van der Waals surface area contributed by atoms with Crippen molar-refractivity contribution >= 4 is 5.97 Å². The Kier molecular flexibility index (Phi) is 3.79. The summed E-state index contributed by atoms with van der Waals surface area (Å²) in [5.41, 5.74) is 0.758. The number of aliphatic hydroxyl groups is 2. The van der Waals surface area contributed by atoms with Crippen molar-refractivity contribution < 1.29 is 24.9 Å². The number of hydrogen-bond donors (Lipinski definition) is 3. The number of aliphatic hydroxyl groups excluding tert-OH is 1. The highest BCUT2D eigenvalue weighted by molar-refractivity contribution is 5.74. The molecule has 0 radical (unpaired) electrons. The molecule has 0 bridgehead atoms. The smallest absolute Gasteiger partial charge is 0.337 e. The van der Waals surface area contributed by atoms with Crippen molar-refractivity contribution in [1.29, 1.82) is 0 Å². The molecule has 0 saturated heterocycles. The molecule has 0 aliphatic heterocycles. The normalized spacial score (nSPS) is 12.8. The Hall–Kier alpha value is -1.43. The maximum absolute atomic E-state index is 10.7. The summed E-state index contributed by atoms with van der Waals surface area (Å²) in [6, 6.07) is 5.85. The van der Waals surface area contributed by atoms with Crippen molar-refractivity contribution in [3.05, 3.63) is 35.4 Å². The molecule has 82 valence electrons. The summed E-state index contributed by atoms with van der Waals surface area (Å²) in [6.07, 6.45) is -2.58. The molecule has 1 atom stereocenters. The summed E-state index contributed by atoms with van der Waals surface area (Å²) >= 11 is 0. The molecule has 0 heterocycles. The molecule has 0 aromatic heterocycles. The van der Waals surface area contributed by atoms with Crippen LogP contribution in [0.1, 0.15) is 23.5 Å². The van der Waals surface area contributed by atoms with Crippen LogP contribution in [0.5, 0.6) is 0 Å². The second-order valence-corrected chi connectivity index (χ2v) is 2.99. The van der Waals surface area contributed by atoms with Gasteiger partial charge in [-0.3, -0.25) is 0 Å². The number of carboxylic acid groups (broad SMARTS) is 1. The molecule has 5 nitrogen and oxygen atoms in total. The Balaban J connectivity index is 2.92. The maximum Gasteiger partial charge on any atom is 0.337 e. The highest BCUT2D eigenvalue weighted by Gasteiger charge is 2.18. The number of hydrogen-bond acceptors (Lipinski definition) is 4. The molecule has 0 unspecified atom stereocenters. The van der Waals surface area contributed by atoms with Crippen LogP contribution in [0, 0.1) is 0 Å². The van der Waals surface area contributed by atoms with E-state index in [2.05, 4.69) is 0 Å². The van der Waals surface area contributed by atoms with E-state index in [9.17, 15) is 4.79 Å². The van der Waals surface area contributed by atoms with E-state index < -0.39 is 18.4 Å². The first-order valence-corrected chi connectivity index (χ1v) is 4.28. The second-order valence-electron chi connectivity index (χ2n) is 2.99. The molecule has 3 N–H and O–H groups in total. The standard InChI is InChI=1S/C10H12O5/c1-15-8(10(13)14)6-2-4-7(5-3-6)9(11)12/h2-5,8-9,11-12H,1H3,(H,13,14)/t8-/m1/s1. The van der Waals surface area contributed by atoms with Gasteiger partial charge in [-0.15, -0.1) is 0 Å². The SMILES string of the molecule is CO[C@@H](C(=O)O)c1ccc(C(O)O)cc1. The van der Waals surface area contributed by atoms with Crippen LogP contribution in [-0.2, 0) is 9.53 Å². The van der Waals surface area contributed by atoms with Crippen LogP contribution < -0.4 is 0 Å². The lowest BCUT2D eigenvalue weighted by molar-refractivity contribution is -0.148. The monoisotopic (exact) mass is 212 g/mol. The van der Waals surface area contributed by atoms with Gasteiger partial charge in [0.15, 0.2) is 12.4 Å². The van der Waals surface area contributed by atoms with Gasteiger partial charge in [-0.2, -0.15) is 0 Å². The summed E-state index contributed by atoms with van der Waals surface area (Å²) in [4.78, 5) is 10.7. The summed E-state index contributed by atoms with van der Waals surface area (Å²) in [5.74, 6) is -1.09. The molecule has 1 aromatic rings. The number of methoxy groups -OCH3 is 1. The lowest BCUT2D eigenvalue weighted by Gasteiger charge is -2.11. The summed E-state index contributed by atoms with van der Waals surface area (Å²) in [7, 11) is 1.30. The lowest BCUT2D eigenvalue weighted by atomic mass is 10.1. The topological polar surface area (TPSA) is 87.0 Å². The number of aliphatic carboxylic acids is 1. The molecule has 0 saturated carbocycles. The van der Waals surface area contributed by atoms with E-state index in [0.717, 1.165) is 0 Å². The van der Waals surface area contributed by atoms with Gasteiger partial charge in [0.1, 0.15) is 0 Å². The van der Waals surface area contributed by atoms with E-state index in [1.165, 1.54) is 31.4 Å². The second kappa shape index (κ2) is 4.88. The Labute approximate surface area is 86.5 Å². The first kappa shape index (κ1) is 11.6. The van der Waals surface area contributed by atoms with Gasteiger partial charge in [0.05, 0.1) is 0 Å². The van der Waals surface area contributed by atoms with Gasteiger partial charge in [0, 0.05) is 12.7 Å². The van der Waals surface area contributed by atoms with E-state index in [0.29, 0.717) is 11.1 Å². The molecule has 0 aliphatic carbocycles. The zero-order valence-electron chi connectivity index (χ0n) is 8.12. The number of carboxylic acids is 1. The van der Waals surface area contributed by atoms with E-state index in [1.54, 1.807) is 0 Å². The molecule has 0 spiro atoms. The third kappa shape index (κ3) is 2.76. The van der Waals surface area contributed by atoms with Crippen LogP contribution in [0.2, 0.25) is 0 Å². The van der Waals surface area contributed by atoms with Crippen LogP contribution >= 0.6 is 0 Å². The van der Waals surface area contributed by atoms with Crippen molar-refractivity contribution in [2.24, 2.45) is 0 Å². The minimum atomic E-state index is -1.55. The first-order chi connectivity index (χ1) is 7.06. The van der Waals surface area contributed by atoms with Crippen LogP contribution in [0.4, 0.5) is 0 Å². The molecule has 15 heavy (non-hydrogen) atoms. The number of rotatable bonds is 4. The van der Waals surface area contributed by atoms with Gasteiger partial charge in [-0.05, 0) is 5.56 Å². The van der Waals surface area contributed by atoms with E-state index >= 15 is 0 Å². The number of benzene rings is 1. The zero-order valence-corrected chi connectivity index (χ0v) is 8.12. The number of carbonyl (C=O) groups is 1. The highest BCUT2D eigenvalue weighted by Crippen LogP contribution is 2.19. The third-order valence-electron chi connectivity index (χ3n) is 2.00. The zero-order chi connectivity index (χ0) is 11.4. The average Bonchev–Trinajstić information content (AvgIpc) is 2.19. The van der Waals surface area contributed by atoms with Crippen LogP contribution in [0.15, 0.2) is 24.3 Å². The minimum Gasteiger partial charge on any atom is -0.479 e. The molecule has 0 amide bonds. The van der Waals surface area contributed by atoms with E-state index in [4.69, 9.17) is 20.1 Å². The fraction of sp³-hybridized carbons (Fsp3) is 0.300. The van der Waals surface area contributed by atoms with Gasteiger partial charge in [-0.1, -0.05) is 24.3 Å². The summed E-state index contributed by atoms with van der Waals surface area (Å²) in [6.45, 7) is 0. The molecule has 0 fully saturated rings. The minimum absolute atomic E-state index is 0.305. The fourth-order valence-electron chi connectivity index (χ4n) is 1.22. The van der Waals surface area contributed by atoms with Crippen molar-refractivity contribution in [2.45, 2.75) is 12.4 Å². The molecule has 1 rings (SSSR count). The summed E-state index contributed by atoms with van der Waals surface area (Å²) < 4.78 is 4.77. The molecule has 1 aromatic carbocycles. The molecular formula is C10H12O5.